The Balaban J connectivity index is 2.16. The van der Waals surface area contributed by atoms with Crippen LogP contribution in [0.15, 0.2) is 12.1 Å². The minimum absolute atomic E-state index is 0.208. The number of aromatic nitrogens is 1. The van der Waals surface area contributed by atoms with Crippen LogP contribution in [-0.4, -0.2) is 24.0 Å². The first-order valence-electron chi connectivity index (χ1n) is 4.24. The van der Waals surface area contributed by atoms with E-state index in [0.29, 0.717) is 5.82 Å². The molecule has 0 aliphatic carbocycles. The molecule has 0 atom stereocenters. The molecule has 76 valence electrons. The quantitative estimate of drug-likeness (QED) is 0.741. The number of alkyl halides is 2. The summed E-state index contributed by atoms with van der Waals surface area (Å²) >= 11 is 2.17. The zero-order valence-electron chi connectivity index (χ0n) is 7.60. The Morgan fingerprint density at radius 2 is 2.07 bits per heavy atom. The van der Waals surface area contributed by atoms with Gasteiger partial charge in [0, 0.05) is 3.57 Å². The maximum Gasteiger partial charge on any atom is 0.282 e. The Kier molecular flexibility index (Phi) is 2.36. The van der Waals surface area contributed by atoms with Gasteiger partial charge in [0.1, 0.15) is 5.82 Å². The van der Waals surface area contributed by atoms with E-state index in [1.807, 2.05) is 13.0 Å². The molecule has 5 heteroatoms. The molecule has 2 heterocycles. The number of rotatable bonds is 1. The lowest BCUT2D eigenvalue weighted by Crippen LogP contribution is -2.56. The third-order valence-corrected chi connectivity index (χ3v) is 3.32. The van der Waals surface area contributed by atoms with Gasteiger partial charge in [-0.15, -0.1) is 0 Å². The van der Waals surface area contributed by atoms with Gasteiger partial charge >= 0.3 is 0 Å². The molecule has 1 aliphatic rings. The molecule has 0 amide bonds. The van der Waals surface area contributed by atoms with E-state index in [1.54, 1.807) is 11.0 Å². The van der Waals surface area contributed by atoms with Gasteiger partial charge in [-0.2, -0.15) is 0 Å². The van der Waals surface area contributed by atoms with Gasteiger partial charge in [-0.1, -0.05) is 0 Å². The number of halogens is 3. The predicted octanol–water partition coefficient (Wildman–Crippen LogP) is 2.45. The lowest BCUT2D eigenvalue weighted by molar-refractivity contribution is -0.0267. The monoisotopic (exact) mass is 310 g/mol. The molecule has 1 aromatic heterocycles. The second-order valence-electron chi connectivity index (χ2n) is 3.45. The van der Waals surface area contributed by atoms with Crippen molar-refractivity contribution in [2.24, 2.45) is 0 Å². The Morgan fingerprint density at radius 1 is 1.43 bits per heavy atom. The normalized spacial score (nSPS) is 19.3. The topological polar surface area (TPSA) is 16.1 Å². The van der Waals surface area contributed by atoms with Crippen LogP contribution in [-0.2, 0) is 0 Å². The summed E-state index contributed by atoms with van der Waals surface area (Å²) in [5.41, 5.74) is 0.887. The second-order valence-corrected chi connectivity index (χ2v) is 4.61. The second kappa shape index (κ2) is 3.29. The van der Waals surface area contributed by atoms with E-state index < -0.39 is 5.92 Å². The largest absolute Gasteiger partial charge is 0.344 e. The summed E-state index contributed by atoms with van der Waals surface area (Å²) < 4.78 is 26.2. The number of aryl methyl sites for hydroxylation is 1. The summed E-state index contributed by atoms with van der Waals surface area (Å²) in [7, 11) is 0. The maximum absolute atomic E-state index is 12.6. The summed E-state index contributed by atoms with van der Waals surface area (Å²) in [4.78, 5) is 5.83. The summed E-state index contributed by atoms with van der Waals surface area (Å²) in [6.07, 6.45) is 0. The van der Waals surface area contributed by atoms with Gasteiger partial charge in [-0.25, -0.2) is 13.8 Å². The Hall–Kier alpha value is -0.460. The van der Waals surface area contributed by atoms with Gasteiger partial charge in [-0.05, 0) is 41.6 Å². The minimum atomic E-state index is -2.53. The fourth-order valence-corrected chi connectivity index (χ4v) is 1.68. The maximum atomic E-state index is 12.6. The van der Waals surface area contributed by atoms with E-state index in [-0.39, 0.29) is 13.1 Å². The van der Waals surface area contributed by atoms with Crippen LogP contribution in [0.2, 0.25) is 0 Å². The number of pyridine rings is 1. The molecule has 1 aromatic rings. The number of nitrogens with zero attached hydrogens (tertiary/aromatic N) is 2. The van der Waals surface area contributed by atoms with Gasteiger partial charge in [-0.3, -0.25) is 0 Å². The van der Waals surface area contributed by atoms with Crippen LogP contribution in [0.3, 0.4) is 0 Å². The predicted molar refractivity (Wildman–Crippen MR) is 58.9 cm³/mol. The molecule has 0 aromatic carbocycles. The first-order chi connectivity index (χ1) is 6.48. The molecule has 0 saturated carbocycles. The molecule has 14 heavy (non-hydrogen) atoms. The molecule has 0 N–H and O–H groups in total. The van der Waals surface area contributed by atoms with E-state index in [9.17, 15) is 8.78 Å². The summed E-state index contributed by atoms with van der Waals surface area (Å²) in [6.45, 7) is 1.46. The number of hydrogen-bond donors (Lipinski definition) is 0. The van der Waals surface area contributed by atoms with Crippen LogP contribution in [0.5, 0.6) is 0 Å². The standard InChI is InChI=1S/C9H9F2IN2/c1-6-7(12)2-3-8(13-6)14-4-9(10,11)5-14/h2-3H,4-5H2,1H3. The molecule has 0 spiro atoms. The first-order valence-corrected chi connectivity index (χ1v) is 5.32. The van der Waals surface area contributed by atoms with Crippen molar-refractivity contribution >= 4 is 28.4 Å². The average Bonchev–Trinajstić information content (AvgIpc) is 2.06. The highest BCUT2D eigenvalue weighted by molar-refractivity contribution is 14.1. The lowest BCUT2D eigenvalue weighted by atomic mass is 10.1. The van der Waals surface area contributed by atoms with Crippen LogP contribution < -0.4 is 4.90 Å². The van der Waals surface area contributed by atoms with Gasteiger partial charge in [0.2, 0.25) is 0 Å². The Bertz CT molecular complexity index is 360. The Labute approximate surface area is 94.5 Å². The van der Waals surface area contributed by atoms with Crippen LogP contribution in [0.4, 0.5) is 14.6 Å². The van der Waals surface area contributed by atoms with Crippen molar-refractivity contribution in [1.29, 1.82) is 0 Å². The Morgan fingerprint density at radius 3 is 2.57 bits per heavy atom. The molecule has 2 rings (SSSR count). The summed E-state index contributed by atoms with van der Waals surface area (Å²) in [5.74, 6) is -1.88. The highest BCUT2D eigenvalue weighted by Crippen LogP contribution is 2.30. The van der Waals surface area contributed by atoms with Crippen LogP contribution in [0.25, 0.3) is 0 Å². The third kappa shape index (κ3) is 1.82. The molecular weight excluding hydrogens is 301 g/mol. The van der Waals surface area contributed by atoms with E-state index in [2.05, 4.69) is 27.6 Å². The average molecular weight is 310 g/mol. The van der Waals surface area contributed by atoms with Crippen molar-refractivity contribution in [2.45, 2.75) is 12.8 Å². The van der Waals surface area contributed by atoms with Gasteiger partial charge in [0.05, 0.1) is 18.8 Å². The van der Waals surface area contributed by atoms with E-state index in [4.69, 9.17) is 0 Å². The first kappa shape index (κ1) is 10.1. The highest BCUT2D eigenvalue weighted by atomic mass is 127. The van der Waals surface area contributed by atoms with Crippen molar-refractivity contribution < 1.29 is 8.78 Å². The van der Waals surface area contributed by atoms with Crippen molar-refractivity contribution in [2.75, 3.05) is 18.0 Å². The minimum Gasteiger partial charge on any atom is -0.344 e. The van der Waals surface area contributed by atoms with Crippen molar-refractivity contribution in [3.8, 4) is 0 Å². The summed E-state index contributed by atoms with van der Waals surface area (Å²) in [5, 5.41) is 0. The van der Waals surface area contributed by atoms with Crippen molar-refractivity contribution in [1.82, 2.24) is 4.98 Å². The molecule has 2 nitrogen and oxygen atoms in total. The van der Waals surface area contributed by atoms with Crippen LogP contribution in [0.1, 0.15) is 5.69 Å². The van der Waals surface area contributed by atoms with E-state index in [1.165, 1.54) is 0 Å². The van der Waals surface area contributed by atoms with Crippen LogP contribution in [0, 0.1) is 10.5 Å². The number of hydrogen-bond acceptors (Lipinski definition) is 2. The van der Waals surface area contributed by atoms with E-state index >= 15 is 0 Å². The summed E-state index contributed by atoms with van der Waals surface area (Å²) in [6, 6.07) is 3.68. The zero-order valence-corrected chi connectivity index (χ0v) is 9.75. The van der Waals surface area contributed by atoms with E-state index in [0.717, 1.165) is 9.26 Å². The van der Waals surface area contributed by atoms with Gasteiger partial charge in [0.25, 0.3) is 5.92 Å². The molecule has 0 bridgehead atoms. The zero-order chi connectivity index (χ0) is 10.3. The highest BCUT2D eigenvalue weighted by Gasteiger charge is 2.44. The molecule has 1 saturated heterocycles. The SMILES string of the molecule is Cc1nc(N2CC(F)(F)C2)ccc1I. The molecular formula is C9H9F2IN2. The van der Waals surface area contributed by atoms with Gasteiger partial charge in [0.15, 0.2) is 0 Å². The van der Waals surface area contributed by atoms with Crippen molar-refractivity contribution in [3.63, 3.8) is 0 Å². The molecule has 1 aliphatic heterocycles. The van der Waals surface area contributed by atoms with Crippen LogP contribution >= 0.6 is 22.6 Å². The van der Waals surface area contributed by atoms with Crippen molar-refractivity contribution in [3.05, 3.63) is 21.4 Å². The smallest absolute Gasteiger partial charge is 0.282 e. The molecule has 0 unspecified atom stereocenters. The fourth-order valence-electron chi connectivity index (χ4n) is 1.38. The number of anilines is 1. The lowest BCUT2D eigenvalue weighted by Gasteiger charge is -2.39. The van der Waals surface area contributed by atoms with Gasteiger partial charge < -0.3 is 4.90 Å². The molecule has 1 fully saturated rings. The molecule has 0 radical (unpaired) electrons. The fraction of sp³-hybridized carbons (Fsp3) is 0.444. The third-order valence-electron chi connectivity index (χ3n) is 2.17.